The van der Waals surface area contributed by atoms with Gasteiger partial charge in [-0.15, -0.1) is 0 Å². The summed E-state index contributed by atoms with van der Waals surface area (Å²) in [6.07, 6.45) is 1.55. The molecule has 3 nitrogen and oxygen atoms in total. The first-order valence-corrected chi connectivity index (χ1v) is 5.94. The number of hydrogen-bond acceptors (Lipinski definition) is 2. The third-order valence-electron chi connectivity index (χ3n) is 2.65. The Kier molecular flexibility index (Phi) is 2.82. The van der Waals surface area contributed by atoms with Gasteiger partial charge in [-0.1, -0.05) is 41.9 Å². The Morgan fingerprint density at radius 1 is 0.889 bits per heavy atom. The third-order valence-corrected chi connectivity index (χ3v) is 2.90. The molecule has 2 aromatic carbocycles. The van der Waals surface area contributed by atoms with E-state index in [0.717, 1.165) is 17.1 Å². The summed E-state index contributed by atoms with van der Waals surface area (Å²) in [5.41, 5.74) is 1.97. The highest BCUT2D eigenvalue weighted by Crippen LogP contribution is 2.20. The summed E-state index contributed by atoms with van der Waals surface area (Å²) in [5.74, 6) is 0.818. The Balaban J connectivity index is 2.10. The topological polar surface area (TPSA) is 30.7 Å². The van der Waals surface area contributed by atoms with Crippen molar-refractivity contribution < 1.29 is 0 Å². The molecule has 0 aliphatic heterocycles. The van der Waals surface area contributed by atoms with Crippen LogP contribution in [0.4, 0.5) is 0 Å². The molecule has 88 valence electrons. The Morgan fingerprint density at radius 3 is 2.33 bits per heavy atom. The molecule has 4 heteroatoms. The van der Waals surface area contributed by atoms with Crippen molar-refractivity contribution in [2.45, 2.75) is 0 Å². The lowest BCUT2D eigenvalue weighted by Crippen LogP contribution is -1.99. The van der Waals surface area contributed by atoms with Crippen molar-refractivity contribution in [1.29, 1.82) is 0 Å². The van der Waals surface area contributed by atoms with Crippen LogP contribution in [0.15, 0.2) is 60.9 Å². The second kappa shape index (κ2) is 4.63. The Bertz CT molecular complexity index is 644. The number of rotatable bonds is 2. The van der Waals surface area contributed by atoms with E-state index in [4.69, 9.17) is 11.6 Å². The monoisotopic (exact) mass is 255 g/mol. The molecular formula is C14H10ClN3. The zero-order valence-corrected chi connectivity index (χ0v) is 10.2. The van der Waals surface area contributed by atoms with Gasteiger partial charge in [0.1, 0.15) is 6.33 Å². The van der Waals surface area contributed by atoms with E-state index in [0.29, 0.717) is 5.02 Å². The van der Waals surface area contributed by atoms with Crippen molar-refractivity contribution in [3.8, 4) is 17.1 Å². The van der Waals surface area contributed by atoms with Crippen LogP contribution in [0.2, 0.25) is 5.02 Å². The van der Waals surface area contributed by atoms with Gasteiger partial charge in [0.05, 0.1) is 5.69 Å². The molecule has 0 saturated carbocycles. The molecule has 1 heterocycles. The fraction of sp³-hybridized carbons (Fsp3) is 0. The second-order valence-corrected chi connectivity index (χ2v) is 4.27. The van der Waals surface area contributed by atoms with Crippen LogP contribution in [-0.4, -0.2) is 14.8 Å². The first-order chi connectivity index (χ1) is 8.84. The third kappa shape index (κ3) is 2.00. The molecule has 0 bridgehead atoms. The number of halogens is 1. The minimum Gasteiger partial charge on any atom is -0.215 e. The maximum Gasteiger partial charge on any atom is 0.163 e. The lowest BCUT2D eigenvalue weighted by Gasteiger charge is -2.05. The van der Waals surface area contributed by atoms with E-state index in [9.17, 15) is 0 Å². The van der Waals surface area contributed by atoms with Crippen LogP contribution < -0.4 is 0 Å². The van der Waals surface area contributed by atoms with Crippen LogP contribution in [0, 0.1) is 0 Å². The fourth-order valence-corrected chi connectivity index (χ4v) is 1.92. The molecule has 0 N–H and O–H groups in total. The predicted octanol–water partition coefficient (Wildman–Crippen LogP) is 3.59. The molecule has 0 aliphatic carbocycles. The predicted molar refractivity (Wildman–Crippen MR) is 71.8 cm³/mol. The summed E-state index contributed by atoms with van der Waals surface area (Å²) < 4.78 is 1.80. The van der Waals surface area contributed by atoms with Crippen LogP contribution in [0.3, 0.4) is 0 Å². The van der Waals surface area contributed by atoms with Gasteiger partial charge in [0.15, 0.2) is 5.82 Å². The van der Waals surface area contributed by atoms with Crippen molar-refractivity contribution in [3.05, 3.63) is 65.9 Å². The molecular weight excluding hydrogens is 246 g/mol. The minimum absolute atomic E-state index is 0.708. The van der Waals surface area contributed by atoms with Crippen molar-refractivity contribution in [3.63, 3.8) is 0 Å². The van der Waals surface area contributed by atoms with Gasteiger partial charge in [0.25, 0.3) is 0 Å². The number of benzene rings is 2. The lowest BCUT2D eigenvalue weighted by molar-refractivity contribution is 0.887. The van der Waals surface area contributed by atoms with E-state index in [2.05, 4.69) is 10.1 Å². The van der Waals surface area contributed by atoms with Gasteiger partial charge in [0, 0.05) is 10.6 Å². The first kappa shape index (κ1) is 11.0. The highest BCUT2D eigenvalue weighted by Gasteiger charge is 2.08. The number of hydrogen-bond donors (Lipinski definition) is 0. The summed E-state index contributed by atoms with van der Waals surface area (Å²) in [7, 11) is 0. The van der Waals surface area contributed by atoms with E-state index in [-0.39, 0.29) is 0 Å². The highest BCUT2D eigenvalue weighted by atomic mass is 35.5. The Labute approximate surface area is 110 Å². The van der Waals surface area contributed by atoms with Crippen LogP contribution in [0.25, 0.3) is 17.1 Å². The maximum absolute atomic E-state index is 5.88. The fourth-order valence-electron chi connectivity index (χ4n) is 1.80. The van der Waals surface area contributed by atoms with Crippen molar-refractivity contribution in [2.24, 2.45) is 0 Å². The minimum atomic E-state index is 0.708. The Morgan fingerprint density at radius 2 is 1.61 bits per heavy atom. The quantitative estimate of drug-likeness (QED) is 0.701. The second-order valence-electron chi connectivity index (χ2n) is 3.84. The van der Waals surface area contributed by atoms with E-state index in [1.165, 1.54) is 0 Å². The molecule has 0 atom stereocenters. The highest BCUT2D eigenvalue weighted by molar-refractivity contribution is 6.30. The number of nitrogens with zero attached hydrogens (tertiary/aromatic N) is 3. The van der Waals surface area contributed by atoms with E-state index < -0.39 is 0 Å². The van der Waals surface area contributed by atoms with E-state index >= 15 is 0 Å². The molecule has 18 heavy (non-hydrogen) atoms. The molecule has 0 fully saturated rings. The zero-order valence-electron chi connectivity index (χ0n) is 9.49. The van der Waals surface area contributed by atoms with Gasteiger partial charge in [-0.05, 0) is 24.3 Å². The number of aromatic nitrogens is 3. The summed E-state index contributed by atoms with van der Waals surface area (Å²) in [6.45, 7) is 0. The first-order valence-electron chi connectivity index (χ1n) is 5.56. The van der Waals surface area contributed by atoms with Crippen molar-refractivity contribution >= 4 is 11.6 Å². The van der Waals surface area contributed by atoms with Gasteiger partial charge in [-0.3, -0.25) is 0 Å². The van der Waals surface area contributed by atoms with Crippen LogP contribution in [0.5, 0.6) is 0 Å². The molecule has 0 radical (unpaired) electrons. The van der Waals surface area contributed by atoms with E-state index in [1.54, 1.807) is 11.0 Å². The molecule has 1 aromatic heterocycles. The maximum atomic E-state index is 5.88. The van der Waals surface area contributed by atoms with Gasteiger partial charge in [-0.25, -0.2) is 9.67 Å². The molecule has 0 spiro atoms. The average Bonchev–Trinajstić information content (AvgIpc) is 2.90. The van der Waals surface area contributed by atoms with Gasteiger partial charge in [-0.2, -0.15) is 5.10 Å². The van der Waals surface area contributed by atoms with E-state index in [1.807, 2.05) is 54.6 Å². The van der Waals surface area contributed by atoms with Crippen LogP contribution in [-0.2, 0) is 0 Å². The molecule has 0 aliphatic rings. The lowest BCUT2D eigenvalue weighted by atomic mass is 10.2. The molecule has 3 rings (SSSR count). The zero-order chi connectivity index (χ0) is 12.4. The Hall–Kier alpha value is -2.13. The van der Waals surface area contributed by atoms with Gasteiger partial charge in [0.2, 0.25) is 0 Å². The summed E-state index contributed by atoms with van der Waals surface area (Å²) in [4.78, 5) is 4.30. The smallest absolute Gasteiger partial charge is 0.163 e. The van der Waals surface area contributed by atoms with Gasteiger partial charge >= 0.3 is 0 Å². The largest absolute Gasteiger partial charge is 0.215 e. The van der Waals surface area contributed by atoms with Crippen molar-refractivity contribution in [2.75, 3.05) is 0 Å². The average molecular weight is 256 g/mol. The molecule has 0 unspecified atom stereocenters. The summed E-state index contributed by atoms with van der Waals surface area (Å²) in [5, 5.41) is 4.96. The summed E-state index contributed by atoms with van der Waals surface area (Å²) in [6, 6.07) is 17.5. The van der Waals surface area contributed by atoms with Gasteiger partial charge < -0.3 is 0 Å². The molecule has 0 amide bonds. The molecule has 0 saturated heterocycles. The van der Waals surface area contributed by atoms with Crippen LogP contribution >= 0.6 is 11.6 Å². The van der Waals surface area contributed by atoms with Crippen molar-refractivity contribution in [1.82, 2.24) is 14.8 Å². The van der Waals surface area contributed by atoms with Crippen LogP contribution in [0.1, 0.15) is 0 Å². The SMILES string of the molecule is Clc1ccc(-n2ncnc2-c2ccccc2)cc1. The molecule has 3 aromatic rings. The standard InChI is InChI=1S/C14H10ClN3/c15-12-6-8-13(9-7-12)18-14(16-10-17-18)11-4-2-1-3-5-11/h1-10H. The summed E-state index contributed by atoms with van der Waals surface area (Å²) >= 11 is 5.88. The normalized spacial score (nSPS) is 10.5.